The molecule has 3 saturated carbocycles. The first-order chi connectivity index (χ1) is 23.7. The molecule has 0 atom stereocenters. The molecule has 2 aromatic heterocycles. The molecule has 4 fully saturated rings. The molecule has 10 heteroatoms. The molecule has 0 spiro atoms. The van der Waals surface area contributed by atoms with Crippen molar-refractivity contribution in [3.05, 3.63) is 59.8 Å². The van der Waals surface area contributed by atoms with Crippen molar-refractivity contribution in [3.63, 3.8) is 0 Å². The minimum Gasteiger partial charge on any atom is -0.496 e. The largest absolute Gasteiger partial charge is 0.496 e. The number of carbonyl (C=O) groups is 2. The lowest BCUT2D eigenvalue weighted by atomic mass is 9.78. The normalized spacial score (nSPS) is 24.4. The zero-order valence-electron chi connectivity index (χ0n) is 29.5. The van der Waals surface area contributed by atoms with Gasteiger partial charge in [0.05, 0.1) is 7.11 Å². The molecule has 0 radical (unpaired) electrons. The molecule has 3 aromatic rings. The summed E-state index contributed by atoms with van der Waals surface area (Å²) in [6, 6.07) is 10.9. The number of amides is 2. The average molecular weight is 670 g/mol. The molecular formula is C39H51N5O5. The van der Waals surface area contributed by atoms with Gasteiger partial charge < -0.3 is 23.7 Å². The summed E-state index contributed by atoms with van der Waals surface area (Å²) in [5.41, 5.74) is 4.25. The van der Waals surface area contributed by atoms with E-state index in [4.69, 9.17) is 23.9 Å². The van der Waals surface area contributed by atoms with Gasteiger partial charge in [0.15, 0.2) is 5.89 Å². The minimum atomic E-state index is -0.228. The van der Waals surface area contributed by atoms with Gasteiger partial charge in [-0.3, -0.25) is 9.69 Å². The lowest BCUT2D eigenvalue weighted by Gasteiger charge is -2.42. The van der Waals surface area contributed by atoms with Gasteiger partial charge >= 0.3 is 6.09 Å². The van der Waals surface area contributed by atoms with Crippen molar-refractivity contribution < 1.29 is 23.5 Å². The summed E-state index contributed by atoms with van der Waals surface area (Å²) in [6.07, 6.45) is 12.5. The monoisotopic (exact) mass is 669 g/mol. The second-order valence-electron chi connectivity index (χ2n) is 15.0. The fourth-order valence-electron chi connectivity index (χ4n) is 7.85. The topological polar surface area (TPSA) is 101 Å². The number of oxazole rings is 1. The van der Waals surface area contributed by atoms with E-state index in [1.54, 1.807) is 24.5 Å². The number of carbonyl (C=O) groups excluding carboxylic acids is 2. The van der Waals surface area contributed by atoms with Crippen LogP contribution in [0.25, 0.3) is 11.3 Å². The number of hydrogen-bond acceptors (Lipinski definition) is 8. The molecule has 10 nitrogen and oxygen atoms in total. The fourth-order valence-corrected chi connectivity index (χ4v) is 7.85. The van der Waals surface area contributed by atoms with Crippen LogP contribution in [0.5, 0.6) is 5.75 Å². The number of likely N-dealkylation sites (tertiary alicyclic amines) is 1. The summed E-state index contributed by atoms with van der Waals surface area (Å²) in [5.74, 6) is 3.73. The first kappa shape index (κ1) is 33.6. The highest BCUT2D eigenvalue weighted by Crippen LogP contribution is 2.41. The molecular weight excluding hydrogens is 618 g/mol. The number of aryl methyl sites for hydroxylation is 1. The third kappa shape index (κ3) is 7.64. The predicted octanol–water partition coefficient (Wildman–Crippen LogP) is 7.18. The lowest BCUT2D eigenvalue weighted by Crippen LogP contribution is -2.59. The highest BCUT2D eigenvalue weighted by atomic mass is 16.6. The summed E-state index contributed by atoms with van der Waals surface area (Å²) < 4.78 is 17.2. The zero-order valence-corrected chi connectivity index (χ0v) is 29.5. The Morgan fingerprint density at radius 1 is 0.939 bits per heavy atom. The third-order valence-corrected chi connectivity index (χ3v) is 11.4. The van der Waals surface area contributed by atoms with Gasteiger partial charge in [-0.2, -0.15) is 0 Å². The van der Waals surface area contributed by atoms with E-state index in [2.05, 4.69) is 30.0 Å². The van der Waals surface area contributed by atoms with E-state index < -0.39 is 0 Å². The Morgan fingerprint density at radius 2 is 1.67 bits per heavy atom. The Kier molecular flexibility index (Phi) is 9.94. The number of benzene rings is 1. The molecule has 2 amide bonds. The maximum atomic E-state index is 14.4. The van der Waals surface area contributed by atoms with Crippen LogP contribution in [-0.2, 0) is 9.53 Å². The summed E-state index contributed by atoms with van der Waals surface area (Å²) >= 11 is 0. The van der Waals surface area contributed by atoms with E-state index in [-0.39, 0.29) is 24.0 Å². The summed E-state index contributed by atoms with van der Waals surface area (Å²) in [6.45, 7) is 4.17. The van der Waals surface area contributed by atoms with Crippen LogP contribution in [-0.4, -0.2) is 84.8 Å². The SMILES string of the molecule is COc1ccc([C@H]2CC[C@H](CN(c3cc(-c4coc(C5CC5)n4)ccn3)C(=O)[C@H]3CC[C@H](OC(=O)N4CC(N(C)C)C4)CC3)CC2)cc1C. The van der Waals surface area contributed by atoms with Gasteiger partial charge in [-0.15, -0.1) is 0 Å². The first-order valence-corrected chi connectivity index (χ1v) is 18.3. The number of nitrogens with zero attached hydrogens (tertiary/aromatic N) is 5. The van der Waals surface area contributed by atoms with Crippen LogP contribution < -0.4 is 9.64 Å². The van der Waals surface area contributed by atoms with Crippen molar-refractivity contribution in [1.82, 2.24) is 19.8 Å². The van der Waals surface area contributed by atoms with E-state index in [1.807, 2.05) is 31.1 Å². The highest BCUT2D eigenvalue weighted by molar-refractivity contribution is 5.94. The third-order valence-electron chi connectivity index (χ3n) is 11.4. The lowest BCUT2D eigenvalue weighted by molar-refractivity contribution is -0.124. The Morgan fingerprint density at radius 3 is 2.35 bits per heavy atom. The average Bonchev–Trinajstić information content (AvgIpc) is 3.82. The van der Waals surface area contributed by atoms with Gasteiger partial charge in [0.25, 0.3) is 0 Å². The van der Waals surface area contributed by atoms with Gasteiger partial charge in [-0.1, -0.05) is 12.1 Å². The van der Waals surface area contributed by atoms with Gasteiger partial charge in [0, 0.05) is 49.3 Å². The minimum absolute atomic E-state index is 0.123. The van der Waals surface area contributed by atoms with Crippen LogP contribution in [0.15, 0.2) is 47.2 Å². The Labute approximate surface area is 290 Å². The smallest absolute Gasteiger partial charge is 0.410 e. The number of ether oxygens (including phenoxy) is 2. The van der Waals surface area contributed by atoms with E-state index >= 15 is 0 Å². The zero-order chi connectivity index (χ0) is 34.1. The van der Waals surface area contributed by atoms with Crippen molar-refractivity contribution >= 4 is 17.8 Å². The second kappa shape index (κ2) is 14.5. The van der Waals surface area contributed by atoms with Crippen LogP contribution in [0.1, 0.15) is 93.1 Å². The maximum Gasteiger partial charge on any atom is 0.410 e. The Hall–Kier alpha value is -3.92. The molecule has 0 bridgehead atoms. The Bertz CT molecular complexity index is 1610. The number of methoxy groups -OCH3 is 1. The summed E-state index contributed by atoms with van der Waals surface area (Å²) in [4.78, 5) is 42.5. The van der Waals surface area contributed by atoms with E-state index in [9.17, 15) is 9.59 Å². The molecule has 0 N–H and O–H groups in total. The Balaban J connectivity index is 1.02. The number of hydrogen-bond donors (Lipinski definition) is 0. The van der Waals surface area contributed by atoms with Crippen LogP contribution in [0, 0.1) is 18.8 Å². The van der Waals surface area contributed by atoms with Crippen LogP contribution in [0.4, 0.5) is 10.6 Å². The fraction of sp³-hybridized carbons (Fsp3) is 0.590. The summed E-state index contributed by atoms with van der Waals surface area (Å²) in [7, 11) is 5.79. The van der Waals surface area contributed by atoms with Crippen molar-refractivity contribution in [2.24, 2.45) is 11.8 Å². The number of likely N-dealkylation sites (N-methyl/N-ethyl adjacent to an activating group) is 1. The van der Waals surface area contributed by atoms with Crippen molar-refractivity contribution in [3.8, 4) is 17.0 Å². The number of rotatable bonds is 10. The molecule has 3 heterocycles. The number of aromatic nitrogens is 2. The molecule has 4 aliphatic rings. The second-order valence-corrected chi connectivity index (χ2v) is 15.0. The quantitative estimate of drug-likeness (QED) is 0.224. The number of pyridine rings is 1. The molecule has 1 saturated heterocycles. The highest BCUT2D eigenvalue weighted by Gasteiger charge is 2.37. The molecule has 0 unspecified atom stereocenters. The van der Waals surface area contributed by atoms with E-state index in [0.717, 1.165) is 61.4 Å². The van der Waals surface area contributed by atoms with Crippen LogP contribution in [0.3, 0.4) is 0 Å². The maximum absolute atomic E-state index is 14.4. The van der Waals surface area contributed by atoms with Crippen LogP contribution in [0.2, 0.25) is 0 Å². The molecule has 262 valence electrons. The van der Waals surface area contributed by atoms with Crippen molar-refractivity contribution in [2.45, 2.75) is 95.1 Å². The molecule has 3 aliphatic carbocycles. The van der Waals surface area contributed by atoms with Gasteiger partial charge in [0.2, 0.25) is 5.91 Å². The molecule has 7 rings (SSSR count). The van der Waals surface area contributed by atoms with E-state index in [0.29, 0.717) is 74.9 Å². The summed E-state index contributed by atoms with van der Waals surface area (Å²) in [5, 5.41) is 0. The van der Waals surface area contributed by atoms with Gasteiger partial charge in [0.1, 0.15) is 29.6 Å². The molecule has 49 heavy (non-hydrogen) atoms. The van der Waals surface area contributed by atoms with Gasteiger partial charge in [-0.05, 0) is 126 Å². The van der Waals surface area contributed by atoms with Crippen LogP contribution >= 0.6 is 0 Å². The van der Waals surface area contributed by atoms with Crippen molar-refractivity contribution in [1.29, 1.82) is 0 Å². The van der Waals surface area contributed by atoms with Crippen molar-refractivity contribution in [2.75, 3.05) is 45.7 Å². The molecule has 1 aliphatic heterocycles. The standard InChI is InChI=1S/C39H51N5O5/c1-25-19-30(13-16-35(25)47-4)27-7-5-26(6-8-27)21-44(36-20-31(17-18-40-36)34-24-48-37(41-34)28-9-10-28)38(45)29-11-14-33(15-12-29)49-39(46)43-22-32(23-43)42(2)3/h13,16-20,24,26-29,32-33H,5-12,14-15,21-23H2,1-4H3/t26-,27-,29-,33-. The first-order valence-electron chi connectivity index (χ1n) is 18.3. The predicted molar refractivity (Wildman–Crippen MR) is 188 cm³/mol. The van der Waals surface area contributed by atoms with Gasteiger partial charge in [-0.25, -0.2) is 14.8 Å². The van der Waals surface area contributed by atoms with E-state index in [1.165, 1.54) is 11.1 Å². The number of anilines is 1. The molecule has 1 aromatic carbocycles.